The molecule has 0 bridgehead atoms. The van der Waals surface area contributed by atoms with Crippen LogP contribution >= 0.6 is 0 Å². The second-order valence-corrected chi connectivity index (χ2v) is 8.12. The van der Waals surface area contributed by atoms with Crippen molar-refractivity contribution >= 4 is 12.0 Å². The van der Waals surface area contributed by atoms with E-state index in [1.165, 1.54) is 25.7 Å². The van der Waals surface area contributed by atoms with E-state index in [0.717, 1.165) is 18.5 Å². The number of carbonyl (C=O) groups is 1. The van der Waals surface area contributed by atoms with Gasteiger partial charge in [-0.2, -0.15) is 0 Å². The van der Waals surface area contributed by atoms with Gasteiger partial charge in [0, 0.05) is 17.8 Å². The minimum atomic E-state index is -0.323. The summed E-state index contributed by atoms with van der Waals surface area (Å²) >= 11 is 0. The fourth-order valence-electron chi connectivity index (χ4n) is 4.15. The minimum Gasteiger partial charge on any atom is -0.365 e. The molecule has 1 aliphatic heterocycles. The lowest BCUT2D eigenvalue weighted by Gasteiger charge is -2.48. The second-order valence-electron chi connectivity index (χ2n) is 8.12. The number of ether oxygens (including phenoxy) is 1. The van der Waals surface area contributed by atoms with Crippen molar-refractivity contribution < 1.29 is 9.53 Å². The summed E-state index contributed by atoms with van der Waals surface area (Å²) < 4.78 is 6.36. The first-order chi connectivity index (χ1) is 11.4. The highest BCUT2D eigenvalue weighted by atomic mass is 16.5. The summed E-state index contributed by atoms with van der Waals surface area (Å²) in [4.78, 5) is 23.4. The zero-order chi connectivity index (χ0) is 16.8. The quantitative estimate of drug-likeness (QED) is 0.903. The van der Waals surface area contributed by atoms with Crippen LogP contribution in [0.25, 0.3) is 0 Å². The summed E-state index contributed by atoms with van der Waals surface area (Å²) in [5.41, 5.74) is 0.543. The smallest absolute Gasteiger partial charge is 0.324 e. The summed E-state index contributed by atoms with van der Waals surface area (Å²) in [5, 5.41) is 2.89. The van der Waals surface area contributed by atoms with Gasteiger partial charge in [0.25, 0.3) is 0 Å². The average molecular weight is 330 g/mol. The number of morpholine rings is 1. The first-order valence-electron chi connectivity index (χ1n) is 9.04. The third-order valence-corrected chi connectivity index (χ3v) is 5.24. The number of hydrogen-bond donors (Lipinski definition) is 1. The van der Waals surface area contributed by atoms with Crippen LogP contribution in [0.3, 0.4) is 0 Å². The van der Waals surface area contributed by atoms with Gasteiger partial charge in [-0.3, -0.25) is 5.32 Å². The molecule has 2 amide bonds. The van der Waals surface area contributed by atoms with Gasteiger partial charge < -0.3 is 9.64 Å². The van der Waals surface area contributed by atoms with Crippen LogP contribution in [0, 0.1) is 0 Å². The van der Waals surface area contributed by atoms with E-state index >= 15 is 0 Å². The molecule has 2 heterocycles. The van der Waals surface area contributed by atoms with E-state index in [0.29, 0.717) is 25.0 Å². The topological polar surface area (TPSA) is 67.4 Å². The zero-order valence-electron chi connectivity index (χ0n) is 14.5. The maximum absolute atomic E-state index is 12.8. The summed E-state index contributed by atoms with van der Waals surface area (Å²) in [6.45, 7) is 5.38. The molecule has 6 nitrogen and oxygen atoms in total. The standard InChI is InChI=1S/C18H26N4O2/c1-17(2)11-22(12-18(24-17)8-3-4-9-18)16(23)21-15-19-10-7-14(20-15)13-5-6-13/h7,10,13H,3-6,8-9,11-12H2,1-2H3,(H,19,20,21,23). The molecule has 3 fully saturated rings. The highest BCUT2D eigenvalue weighted by Gasteiger charge is 2.47. The fraction of sp³-hybridized carbons (Fsp3) is 0.722. The number of nitrogens with zero attached hydrogens (tertiary/aromatic N) is 3. The molecule has 3 aliphatic rings. The molecule has 2 aliphatic carbocycles. The molecule has 4 rings (SSSR count). The molecule has 1 saturated heterocycles. The van der Waals surface area contributed by atoms with Crippen molar-refractivity contribution in [1.82, 2.24) is 14.9 Å². The molecule has 1 aromatic heterocycles. The van der Waals surface area contributed by atoms with Gasteiger partial charge in [0.1, 0.15) is 0 Å². The molecular weight excluding hydrogens is 304 g/mol. The van der Waals surface area contributed by atoms with Gasteiger partial charge in [0.15, 0.2) is 0 Å². The molecule has 1 spiro atoms. The van der Waals surface area contributed by atoms with Crippen molar-refractivity contribution in [2.75, 3.05) is 18.4 Å². The number of urea groups is 1. The predicted octanol–water partition coefficient (Wildman–Crippen LogP) is 3.31. The van der Waals surface area contributed by atoms with E-state index in [9.17, 15) is 4.79 Å². The molecule has 130 valence electrons. The molecule has 0 atom stereocenters. The van der Waals surface area contributed by atoms with Crippen LogP contribution in [0.1, 0.15) is 64.0 Å². The van der Waals surface area contributed by atoms with Gasteiger partial charge in [0.05, 0.1) is 24.3 Å². The lowest BCUT2D eigenvalue weighted by atomic mass is 9.94. The lowest BCUT2D eigenvalue weighted by Crippen LogP contribution is -2.60. The Labute approximate surface area is 143 Å². The van der Waals surface area contributed by atoms with Crippen LogP contribution in [-0.4, -0.2) is 45.2 Å². The van der Waals surface area contributed by atoms with E-state index in [1.54, 1.807) is 6.20 Å². The van der Waals surface area contributed by atoms with Crippen molar-refractivity contribution in [1.29, 1.82) is 0 Å². The lowest BCUT2D eigenvalue weighted by molar-refractivity contribution is -0.183. The van der Waals surface area contributed by atoms with Gasteiger partial charge in [-0.05, 0) is 45.6 Å². The molecule has 1 aromatic rings. The zero-order valence-corrected chi connectivity index (χ0v) is 14.5. The predicted molar refractivity (Wildman–Crippen MR) is 91.0 cm³/mol. The fourth-order valence-corrected chi connectivity index (χ4v) is 4.15. The Hall–Kier alpha value is -1.69. The highest BCUT2D eigenvalue weighted by Crippen LogP contribution is 2.41. The Balaban J connectivity index is 1.47. The summed E-state index contributed by atoms with van der Waals surface area (Å²) in [6.07, 6.45) is 8.53. The Morgan fingerprint density at radius 3 is 2.75 bits per heavy atom. The third kappa shape index (κ3) is 3.24. The molecule has 2 saturated carbocycles. The Morgan fingerprint density at radius 2 is 2.04 bits per heavy atom. The number of carbonyl (C=O) groups excluding carboxylic acids is 1. The van der Waals surface area contributed by atoms with Crippen molar-refractivity contribution in [3.8, 4) is 0 Å². The van der Waals surface area contributed by atoms with Gasteiger partial charge in [-0.15, -0.1) is 0 Å². The number of aromatic nitrogens is 2. The van der Waals surface area contributed by atoms with Gasteiger partial charge in [-0.1, -0.05) is 12.8 Å². The van der Waals surface area contributed by atoms with Crippen LogP contribution in [0.2, 0.25) is 0 Å². The van der Waals surface area contributed by atoms with Gasteiger partial charge >= 0.3 is 6.03 Å². The summed E-state index contributed by atoms with van der Waals surface area (Å²) in [6, 6.07) is 1.82. The molecule has 6 heteroatoms. The van der Waals surface area contributed by atoms with E-state index in [-0.39, 0.29) is 17.2 Å². The van der Waals surface area contributed by atoms with E-state index in [2.05, 4.69) is 29.1 Å². The van der Waals surface area contributed by atoms with E-state index in [4.69, 9.17) is 4.74 Å². The monoisotopic (exact) mass is 330 g/mol. The molecule has 0 radical (unpaired) electrons. The van der Waals surface area contributed by atoms with Crippen LogP contribution in [0.4, 0.5) is 10.7 Å². The number of rotatable bonds is 2. The first kappa shape index (κ1) is 15.8. The highest BCUT2D eigenvalue weighted by molar-refractivity contribution is 5.87. The minimum absolute atomic E-state index is 0.120. The van der Waals surface area contributed by atoms with Crippen LogP contribution in [-0.2, 0) is 4.74 Å². The Bertz CT molecular complexity index is 636. The maximum atomic E-state index is 12.8. The van der Waals surface area contributed by atoms with E-state index < -0.39 is 0 Å². The molecule has 24 heavy (non-hydrogen) atoms. The first-order valence-corrected chi connectivity index (χ1v) is 9.04. The molecular formula is C18H26N4O2. The summed E-state index contributed by atoms with van der Waals surface area (Å²) in [7, 11) is 0. The SMILES string of the molecule is CC1(C)CN(C(=O)Nc2nccc(C3CC3)n2)CC2(CCCC2)O1. The third-order valence-electron chi connectivity index (χ3n) is 5.24. The van der Waals surface area contributed by atoms with Crippen LogP contribution in [0.5, 0.6) is 0 Å². The molecule has 1 N–H and O–H groups in total. The maximum Gasteiger partial charge on any atom is 0.324 e. The van der Waals surface area contributed by atoms with Crippen molar-refractivity contribution in [2.24, 2.45) is 0 Å². The number of hydrogen-bond acceptors (Lipinski definition) is 4. The second kappa shape index (κ2) is 5.69. The number of amides is 2. The van der Waals surface area contributed by atoms with Crippen molar-refractivity contribution in [3.63, 3.8) is 0 Å². The van der Waals surface area contributed by atoms with Crippen molar-refractivity contribution in [3.05, 3.63) is 18.0 Å². The normalized spacial score (nSPS) is 25.0. The van der Waals surface area contributed by atoms with Gasteiger partial charge in [-0.25, -0.2) is 14.8 Å². The molecule has 0 unspecified atom stereocenters. The van der Waals surface area contributed by atoms with Crippen molar-refractivity contribution in [2.45, 2.75) is 69.5 Å². The number of anilines is 1. The van der Waals surface area contributed by atoms with Crippen LogP contribution in [0.15, 0.2) is 12.3 Å². The molecule has 0 aromatic carbocycles. The Morgan fingerprint density at radius 1 is 1.29 bits per heavy atom. The van der Waals surface area contributed by atoms with Crippen LogP contribution < -0.4 is 5.32 Å². The Kier molecular flexibility index (Phi) is 3.75. The van der Waals surface area contributed by atoms with Gasteiger partial charge in [0.2, 0.25) is 5.95 Å². The summed E-state index contributed by atoms with van der Waals surface area (Å²) in [5.74, 6) is 0.960. The average Bonchev–Trinajstić information content (AvgIpc) is 3.28. The number of nitrogens with one attached hydrogen (secondary N) is 1. The van der Waals surface area contributed by atoms with E-state index in [1.807, 2.05) is 11.0 Å². The largest absolute Gasteiger partial charge is 0.365 e.